The van der Waals surface area contributed by atoms with Crippen molar-refractivity contribution in [1.29, 1.82) is 0 Å². The standard InChI is InChI=1S/C20H19FN2O4S2/c1-26-17-8-3-13(11-18(17)27-2)20-22-16-9-10-23(12-19(16)28-20)29(24,25)15-6-4-14(21)5-7-15/h3-8,11H,9-10,12H2,1-2H3. The molecule has 0 atom stereocenters. The molecular formula is C20H19FN2O4S2. The minimum Gasteiger partial charge on any atom is -0.493 e. The van der Waals surface area contributed by atoms with E-state index in [9.17, 15) is 12.8 Å². The van der Waals surface area contributed by atoms with Gasteiger partial charge in [0.1, 0.15) is 10.8 Å². The SMILES string of the molecule is COc1ccc(-c2nc3c(s2)CN(S(=O)(=O)c2ccc(F)cc2)CC3)cc1OC. The van der Waals surface area contributed by atoms with Crippen molar-refractivity contribution in [3.63, 3.8) is 0 Å². The van der Waals surface area contributed by atoms with E-state index in [1.165, 1.54) is 27.8 Å². The predicted octanol–water partition coefficient (Wildman–Crippen LogP) is 3.71. The normalized spacial score (nSPS) is 14.4. The number of fused-ring (bicyclic) bond motifs is 1. The van der Waals surface area contributed by atoms with Gasteiger partial charge in [0.05, 0.1) is 31.4 Å². The average Bonchev–Trinajstić information content (AvgIpc) is 3.17. The van der Waals surface area contributed by atoms with Gasteiger partial charge in [-0.1, -0.05) is 0 Å². The van der Waals surface area contributed by atoms with Crippen LogP contribution in [0.15, 0.2) is 47.4 Å². The Hall–Kier alpha value is -2.49. The Morgan fingerprint density at radius 2 is 1.79 bits per heavy atom. The maximum absolute atomic E-state index is 13.1. The van der Waals surface area contributed by atoms with Crippen molar-refractivity contribution in [3.8, 4) is 22.1 Å². The zero-order chi connectivity index (χ0) is 20.6. The summed E-state index contributed by atoms with van der Waals surface area (Å²) in [5.74, 6) is 0.778. The van der Waals surface area contributed by atoms with Gasteiger partial charge in [-0.15, -0.1) is 11.3 Å². The van der Waals surface area contributed by atoms with E-state index < -0.39 is 15.8 Å². The van der Waals surface area contributed by atoms with Gasteiger partial charge in [0.2, 0.25) is 10.0 Å². The van der Waals surface area contributed by atoms with Gasteiger partial charge in [-0.3, -0.25) is 0 Å². The van der Waals surface area contributed by atoms with E-state index in [4.69, 9.17) is 14.5 Å². The summed E-state index contributed by atoms with van der Waals surface area (Å²) in [6.45, 7) is 0.585. The summed E-state index contributed by atoms with van der Waals surface area (Å²) >= 11 is 1.46. The molecule has 6 nitrogen and oxygen atoms in total. The minimum absolute atomic E-state index is 0.0898. The topological polar surface area (TPSA) is 68.7 Å². The number of rotatable bonds is 5. The van der Waals surface area contributed by atoms with Crippen LogP contribution in [0.5, 0.6) is 11.5 Å². The van der Waals surface area contributed by atoms with Crippen molar-refractivity contribution in [2.75, 3.05) is 20.8 Å². The molecule has 3 aromatic rings. The van der Waals surface area contributed by atoms with Gasteiger partial charge in [0.25, 0.3) is 0 Å². The lowest BCUT2D eigenvalue weighted by molar-refractivity contribution is 0.355. The highest BCUT2D eigenvalue weighted by Gasteiger charge is 2.30. The molecule has 152 valence electrons. The van der Waals surface area contributed by atoms with Crippen LogP contribution in [0.4, 0.5) is 4.39 Å². The van der Waals surface area contributed by atoms with Crippen LogP contribution < -0.4 is 9.47 Å². The van der Waals surface area contributed by atoms with Crippen molar-refractivity contribution >= 4 is 21.4 Å². The number of methoxy groups -OCH3 is 2. The number of sulfonamides is 1. The van der Waals surface area contributed by atoms with Crippen LogP contribution >= 0.6 is 11.3 Å². The molecular weight excluding hydrogens is 415 g/mol. The molecule has 29 heavy (non-hydrogen) atoms. The van der Waals surface area contributed by atoms with Crippen molar-refractivity contribution in [2.45, 2.75) is 17.9 Å². The van der Waals surface area contributed by atoms with Gasteiger partial charge in [0, 0.05) is 23.4 Å². The molecule has 2 heterocycles. The number of hydrogen-bond acceptors (Lipinski definition) is 6. The number of nitrogens with zero attached hydrogens (tertiary/aromatic N) is 2. The first-order valence-corrected chi connectivity index (χ1v) is 11.1. The minimum atomic E-state index is -3.69. The molecule has 9 heteroatoms. The van der Waals surface area contributed by atoms with Crippen molar-refractivity contribution in [2.24, 2.45) is 0 Å². The van der Waals surface area contributed by atoms with Gasteiger partial charge in [-0.2, -0.15) is 4.31 Å². The van der Waals surface area contributed by atoms with Crippen LogP contribution in [0.3, 0.4) is 0 Å². The van der Waals surface area contributed by atoms with Crippen LogP contribution in [-0.2, 0) is 23.0 Å². The fraction of sp³-hybridized carbons (Fsp3) is 0.250. The summed E-state index contributed by atoms with van der Waals surface area (Å²) in [5, 5.41) is 0.803. The first-order chi connectivity index (χ1) is 13.9. The van der Waals surface area contributed by atoms with E-state index >= 15 is 0 Å². The predicted molar refractivity (Wildman–Crippen MR) is 108 cm³/mol. The first-order valence-electron chi connectivity index (χ1n) is 8.89. The van der Waals surface area contributed by atoms with Crippen LogP contribution in [0.1, 0.15) is 10.6 Å². The maximum Gasteiger partial charge on any atom is 0.243 e. The summed E-state index contributed by atoms with van der Waals surface area (Å²) in [5.41, 5.74) is 1.79. The summed E-state index contributed by atoms with van der Waals surface area (Å²) in [6, 6.07) is 10.5. The van der Waals surface area contributed by atoms with Gasteiger partial charge in [0.15, 0.2) is 11.5 Å². The zero-order valence-electron chi connectivity index (χ0n) is 15.9. The Morgan fingerprint density at radius 1 is 1.07 bits per heavy atom. The van der Waals surface area contributed by atoms with Gasteiger partial charge >= 0.3 is 0 Å². The summed E-state index contributed by atoms with van der Waals surface area (Å²) in [7, 11) is -0.532. The number of ether oxygens (including phenoxy) is 2. The average molecular weight is 435 g/mol. The Bertz CT molecular complexity index is 1140. The molecule has 1 aliphatic rings. The molecule has 0 saturated heterocycles. The molecule has 0 unspecified atom stereocenters. The molecule has 0 saturated carbocycles. The number of hydrogen-bond donors (Lipinski definition) is 0. The number of aromatic nitrogens is 1. The van der Waals surface area contributed by atoms with Crippen LogP contribution in [-0.4, -0.2) is 38.5 Å². The molecule has 1 aliphatic heterocycles. The molecule has 0 bridgehead atoms. The zero-order valence-corrected chi connectivity index (χ0v) is 17.5. The van der Waals surface area contributed by atoms with E-state index in [1.807, 2.05) is 18.2 Å². The second-order valence-electron chi connectivity index (χ2n) is 6.50. The van der Waals surface area contributed by atoms with E-state index in [0.717, 1.165) is 33.3 Å². The molecule has 4 rings (SSSR count). The molecule has 2 aromatic carbocycles. The Balaban J connectivity index is 1.62. The van der Waals surface area contributed by atoms with E-state index in [0.29, 0.717) is 24.5 Å². The summed E-state index contributed by atoms with van der Waals surface area (Å²) in [6.07, 6.45) is 0.527. The fourth-order valence-electron chi connectivity index (χ4n) is 3.23. The second kappa shape index (κ2) is 7.74. The highest BCUT2D eigenvalue weighted by Crippen LogP contribution is 2.37. The monoisotopic (exact) mass is 434 g/mol. The van der Waals surface area contributed by atoms with Crippen molar-refractivity contribution in [3.05, 3.63) is 58.9 Å². The number of halogens is 1. The molecule has 0 radical (unpaired) electrons. The van der Waals surface area contributed by atoms with E-state index in [2.05, 4.69) is 0 Å². The van der Waals surface area contributed by atoms with Crippen LogP contribution in [0, 0.1) is 5.82 Å². The Kier molecular flexibility index (Phi) is 5.28. The lowest BCUT2D eigenvalue weighted by Crippen LogP contribution is -2.35. The van der Waals surface area contributed by atoms with Crippen molar-refractivity contribution in [1.82, 2.24) is 9.29 Å². The first kappa shape index (κ1) is 19.8. The molecule has 0 spiro atoms. The summed E-state index contributed by atoms with van der Waals surface area (Å²) < 4.78 is 51.0. The van der Waals surface area contributed by atoms with Gasteiger partial charge < -0.3 is 9.47 Å². The quantitative estimate of drug-likeness (QED) is 0.612. The van der Waals surface area contributed by atoms with E-state index in [1.54, 1.807) is 14.2 Å². The molecule has 0 fully saturated rings. The second-order valence-corrected chi connectivity index (χ2v) is 9.52. The number of thiazole rings is 1. The Labute approximate surface area is 172 Å². The lowest BCUT2D eigenvalue weighted by atomic mass is 10.2. The smallest absolute Gasteiger partial charge is 0.243 e. The third-order valence-corrected chi connectivity index (χ3v) is 7.77. The van der Waals surface area contributed by atoms with Gasteiger partial charge in [-0.05, 0) is 42.5 Å². The largest absolute Gasteiger partial charge is 0.493 e. The lowest BCUT2D eigenvalue weighted by Gasteiger charge is -2.25. The third kappa shape index (κ3) is 3.73. The number of benzene rings is 2. The van der Waals surface area contributed by atoms with Crippen LogP contribution in [0.2, 0.25) is 0 Å². The molecule has 0 amide bonds. The van der Waals surface area contributed by atoms with Crippen LogP contribution in [0.25, 0.3) is 10.6 Å². The maximum atomic E-state index is 13.1. The molecule has 1 aromatic heterocycles. The molecule has 0 N–H and O–H groups in total. The fourth-order valence-corrected chi connectivity index (χ4v) is 5.84. The Morgan fingerprint density at radius 3 is 2.48 bits per heavy atom. The van der Waals surface area contributed by atoms with Crippen molar-refractivity contribution < 1.29 is 22.3 Å². The molecule has 0 aliphatic carbocycles. The van der Waals surface area contributed by atoms with E-state index in [-0.39, 0.29) is 11.4 Å². The highest BCUT2D eigenvalue weighted by molar-refractivity contribution is 7.89. The van der Waals surface area contributed by atoms with Gasteiger partial charge in [-0.25, -0.2) is 17.8 Å². The summed E-state index contributed by atoms with van der Waals surface area (Å²) in [4.78, 5) is 5.70. The third-order valence-electron chi connectivity index (χ3n) is 4.78. The highest BCUT2D eigenvalue weighted by atomic mass is 32.2.